The summed E-state index contributed by atoms with van der Waals surface area (Å²) in [6.45, 7) is 2.67. The first-order valence-corrected chi connectivity index (χ1v) is 9.34. The van der Waals surface area contributed by atoms with Crippen LogP contribution in [0.2, 0.25) is 0 Å². The second-order valence-electron chi connectivity index (χ2n) is 6.63. The fourth-order valence-electron chi connectivity index (χ4n) is 3.28. The molecule has 0 spiro atoms. The lowest BCUT2D eigenvalue weighted by Crippen LogP contribution is -2.43. The minimum Gasteiger partial charge on any atom is -0.494 e. The Balaban J connectivity index is 1.93. The van der Waals surface area contributed by atoms with E-state index in [-0.39, 0.29) is 30.6 Å². The van der Waals surface area contributed by atoms with Crippen LogP contribution in [0, 0.1) is 11.7 Å². The molecule has 1 fully saturated rings. The topological polar surface area (TPSA) is 90.7 Å². The molecule has 1 amide bonds. The van der Waals surface area contributed by atoms with Crippen LogP contribution in [-0.2, 0) is 9.53 Å². The number of methoxy groups -OCH3 is 1. The number of carbonyl (C=O) groups excluding carboxylic acids is 2. The first kappa shape index (κ1) is 20.5. The quantitative estimate of drug-likeness (QED) is 0.707. The van der Waals surface area contributed by atoms with Crippen molar-refractivity contribution in [1.29, 1.82) is 0 Å². The van der Waals surface area contributed by atoms with E-state index in [1.807, 2.05) is 0 Å². The smallest absolute Gasteiger partial charge is 0.310 e. The zero-order chi connectivity index (χ0) is 21.0. The lowest BCUT2D eigenvalue weighted by molar-refractivity contribution is -0.149. The molecule has 0 unspecified atom stereocenters. The Morgan fingerprint density at radius 2 is 2.00 bits per heavy atom. The van der Waals surface area contributed by atoms with Crippen LogP contribution in [0.25, 0.3) is 5.69 Å². The summed E-state index contributed by atoms with van der Waals surface area (Å²) in [5, 5.41) is 4.17. The Morgan fingerprint density at radius 3 is 2.66 bits per heavy atom. The summed E-state index contributed by atoms with van der Waals surface area (Å²) in [4.78, 5) is 39.1. The minimum atomic E-state index is -0.520. The van der Waals surface area contributed by atoms with Crippen LogP contribution in [0.3, 0.4) is 0 Å². The van der Waals surface area contributed by atoms with Gasteiger partial charge in [0.25, 0.3) is 11.5 Å². The second kappa shape index (κ2) is 8.85. The van der Waals surface area contributed by atoms with Crippen molar-refractivity contribution in [1.82, 2.24) is 14.7 Å². The van der Waals surface area contributed by atoms with Crippen molar-refractivity contribution < 1.29 is 23.5 Å². The van der Waals surface area contributed by atoms with Gasteiger partial charge in [0.2, 0.25) is 0 Å². The van der Waals surface area contributed by atoms with Crippen molar-refractivity contribution in [2.45, 2.75) is 19.8 Å². The average Bonchev–Trinajstić information content (AvgIpc) is 2.74. The Hall–Kier alpha value is -3.23. The van der Waals surface area contributed by atoms with E-state index in [2.05, 4.69) is 5.10 Å². The monoisotopic (exact) mass is 403 g/mol. The highest BCUT2D eigenvalue weighted by atomic mass is 19.1. The molecule has 2 heterocycles. The molecule has 8 nitrogen and oxygen atoms in total. The van der Waals surface area contributed by atoms with Crippen LogP contribution in [0.15, 0.2) is 35.1 Å². The fraction of sp³-hybridized carbons (Fsp3) is 0.400. The number of amides is 1. The first-order valence-electron chi connectivity index (χ1n) is 9.34. The highest BCUT2D eigenvalue weighted by Crippen LogP contribution is 2.22. The third-order valence-electron chi connectivity index (χ3n) is 4.72. The molecular formula is C20H22FN3O5. The van der Waals surface area contributed by atoms with Crippen LogP contribution >= 0.6 is 0 Å². The molecule has 3 rings (SSSR count). The standard InChI is InChI=1S/C20H22FN3O5/c1-3-29-20(27)13-5-4-10-23(12-13)19(26)18-16(28-2)11-17(25)24(22-18)15-8-6-14(21)7-9-15/h6-9,11,13H,3-5,10,12H2,1-2H3/t13-/m0/s1. The van der Waals surface area contributed by atoms with Crippen molar-refractivity contribution in [3.63, 3.8) is 0 Å². The summed E-state index contributed by atoms with van der Waals surface area (Å²) >= 11 is 0. The van der Waals surface area contributed by atoms with Crippen LogP contribution in [0.1, 0.15) is 30.3 Å². The number of hydrogen-bond donors (Lipinski definition) is 0. The van der Waals surface area contributed by atoms with Gasteiger partial charge >= 0.3 is 5.97 Å². The van der Waals surface area contributed by atoms with Gasteiger partial charge in [0.1, 0.15) is 5.82 Å². The van der Waals surface area contributed by atoms with Crippen LogP contribution < -0.4 is 10.3 Å². The van der Waals surface area contributed by atoms with Gasteiger partial charge < -0.3 is 14.4 Å². The largest absolute Gasteiger partial charge is 0.494 e. The van der Waals surface area contributed by atoms with Gasteiger partial charge in [-0.3, -0.25) is 14.4 Å². The maximum absolute atomic E-state index is 13.2. The summed E-state index contributed by atoms with van der Waals surface area (Å²) in [7, 11) is 1.34. The number of esters is 1. The molecule has 0 aliphatic carbocycles. The maximum atomic E-state index is 13.2. The van der Waals surface area contributed by atoms with Gasteiger partial charge in [-0.05, 0) is 44.0 Å². The van der Waals surface area contributed by atoms with Gasteiger partial charge in [0.15, 0.2) is 11.4 Å². The molecule has 29 heavy (non-hydrogen) atoms. The number of carbonyl (C=O) groups is 2. The Morgan fingerprint density at radius 1 is 1.28 bits per heavy atom. The molecule has 0 bridgehead atoms. The highest BCUT2D eigenvalue weighted by Gasteiger charge is 2.32. The SMILES string of the molecule is CCOC(=O)[C@H]1CCCN(C(=O)c2nn(-c3ccc(F)cc3)c(=O)cc2OC)C1. The summed E-state index contributed by atoms with van der Waals surface area (Å²) < 4.78 is 24.5. The summed E-state index contributed by atoms with van der Waals surface area (Å²) in [5.41, 5.74) is -0.259. The van der Waals surface area contributed by atoms with Gasteiger partial charge in [-0.25, -0.2) is 4.39 Å². The molecular weight excluding hydrogens is 381 g/mol. The van der Waals surface area contributed by atoms with E-state index in [4.69, 9.17) is 9.47 Å². The predicted molar refractivity (Wildman–Crippen MR) is 102 cm³/mol. The van der Waals surface area contributed by atoms with E-state index in [0.29, 0.717) is 25.1 Å². The molecule has 1 aliphatic rings. The Bertz CT molecular complexity index is 958. The van der Waals surface area contributed by atoms with Crippen molar-refractivity contribution in [2.24, 2.45) is 5.92 Å². The lowest BCUT2D eigenvalue weighted by Gasteiger charge is -2.31. The molecule has 0 radical (unpaired) electrons. The number of benzene rings is 1. The van der Waals surface area contributed by atoms with Crippen molar-refractivity contribution in [2.75, 3.05) is 26.8 Å². The van der Waals surface area contributed by atoms with Gasteiger partial charge in [0, 0.05) is 13.1 Å². The van der Waals surface area contributed by atoms with Gasteiger partial charge in [-0.1, -0.05) is 0 Å². The fourth-order valence-corrected chi connectivity index (χ4v) is 3.28. The molecule has 1 aromatic heterocycles. The minimum absolute atomic E-state index is 0.0385. The van der Waals surface area contributed by atoms with E-state index in [9.17, 15) is 18.8 Å². The Kier molecular flexibility index (Phi) is 6.26. The molecule has 0 saturated carbocycles. The zero-order valence-electron chi connectivity index (χ0n) is 16.3. The number of ether oxygens (including phenoxy) is 2. The van der Waals surface area contributed by atoms with E-state index in [0.717, 1.165) is 10.7 Å². The van der Waals surface area contributed by atoms with E-state index in [1.165, 1.54) is 36.3 Å². The summed E-state index contributed by atoms with van der Waals surface area (Å²) in [6, 6.07) is 6.34. The maximum Gasteiger partial charge on any atom is 0.310 e. The number of piperidine rings is 1. The zero-order valence-corrected chi connectivity index (χ0v) is 16.3. The molecule has 1 saturated heterocycles. The number of likely N-dealkylation sites (tertiary alicyclic amines) is 1. The molecule has 1 aromatic carbocycles. The number of halogens is 1. The summed E-state index contributed by atoms with van der Waals surface area (Å²) in [6.07, 6.45) is 1.29. The van der Waals surface area contributed by atoms with E-state index >= 15 is 0 Å². The van der Waals surface area contributed by atoms with Crippen molar-refractivity contribution in [3.05, 3.63) is 52.2 Å². The number of nitrogens with zero attached hydrogens (tertiary/aromatic N) is 3. The molecule has 154 valence electrons. The third-order valence-corrected chi connectivity index (χ3v) is 4.72. The lowest BCUT2D eigenvalue weighted by atomic mass is 9.98. The Labute approximate surface area is 166 Å². The van der Waals surface area contributed by atoms with Gasteiger partial charge in [0.05, 0.1) is 31.4 Å². The average molecular weight is 403 g/mol. The molecule has 1 aliphatic heterocycles. The van der Waals surface area contributed by atoms with Gasteiger partial charge in [-0.2, -0.15) is 9.78 Å². The van der Waals surface area contributed by atoms with E-state index < -0.39 is 23.2 Å². The normalized spacial score (nSPS) is 16.4. The number of rotatable bonds is 5. The second-order valence-corrected chi connectivity index (χ2v) is 6.63. The molecule has 0 N–H and O–H groups in total. The molecule has 1 atom stereocenters. The van der Waals surface area contributed by atoms with E-state index in [1.54, 1.807) is 6.92 Å². The number of aromatic nitrogens is 2. The number of hydrogen-bond acceptors (Lipinski definition) is 6. The van der Waals surface area contributed by atoms with Crippen LogP contribution in [0.5, 0.6) is 5.75 Å². The highest BCUT2D eigenvalue weighted by molar-refractivity contribution is 5.95. The van der Waals surface area contributed by atoms with Crippen molar-refractivity contribution >= 4 is 11.9 Å². The summed E-state index contributed by atoms with van der Waals surface area (Å²) in [5.74, 6) is -1.60. The van der Waals surface area contributed by atoms with Crippen LogP contribution in [0.4, 0.5) is 4.39 Å². The predicted octanol–water partition coefficient (Wildman–Crippen LogP) is 1.80. The molecule has 2 aromatic rings. The first-order chi connectivity index (χ1) is 13.9. The van der Waals surface area contributed by atoms with Crippen molar-refractivity contribution in [3.8, 4) is 11.4 Å². The third kappa shape index (κ3) is 4.44. The molecule has 9 heteroatoms. The van der Waals surface area contributed by atoms with Gasteiger partial charge in [-0.15, -0.1) is 0 Å². The van der Waals surface area contributed by atoms with Crippen LogP contribution in [-0.4, -0.2) is 53.4 Å².